The molecule has 0 atom stereocenters. The monoisotopic (exact) mass is 268 g/mol. The molecule has 1 aromatic rings. The van der Waals surface area contributed by atoms with Crippen LogP contribution in [0.15, 0.2) is 30.3 Å². The topological polar surface area (TPSA) is 29.3 Å². The normalized spacial score (nSPS) is 9.60. The maximum absolute atomic E-state index is 5.55. The molecule has 1 rings (SSSR count). The van der Waals surface area contributed by atoms with Crippen molar-refractivity contribution < 1.29 is 0 Å². The van der Waals surface area contributed by atoms with E-state index in [0.29, 0.717) is 24.8 Å². The molecule has 0 bridgehead atoms. The Hall–Kier alpha value is -0.150. The van der Waals surface area contributed by atoms with Crippen LogP contribution in [0.3, 0.4) is 0 Å². The van der Waals surface area contributed by atoms with Gasteiger partial charge < -0.3 is 5.73 Å². The number of anilines is 1. The van der Waals surface area contributed by atoms with E-state index in [4.69, 9.17) is 40.7 Å². The third-order valence-electron chi connectivity index (χ3n) is 1.45. The quantitative estimate of drug-likeness (QED) is 0.517. The van der Waals surface area contributed by atoms with Crippen molar-refractivity contribution in [3.63, 3.8) is 0 Å². The van der Waals surface area contributed by atoms with Crippen LogP contribution in [0.2, 0.25) is 0 Å². The van der Waals surface area contributed by atoms with E-state index in [9.17, 15) is 0 Å². The molecule has 86 valence electrons. The highest BCUT2D eigenvalue weighted by molar-refractivity contribution is 6.20. The molecular weight excluding hydrogens is 254 g/mol. The van der Waals surface area contributed by atoms with Crippen LogP contribution in [0.1, 0.15) is 0 Å². The van der Waals surface area contributed by atoms with Crippen LogP contribution in [0, 0.1) is 0 Å². The summed E-state index contributed by atoms with van der Waals surface area (Å²) in [6, 6.07) is 9.49. The third-order valence-corrected chi connectivity index (χ3v) is 2.13. The van der Waals surface area contributed by atoms with Gasteiger partial charge >= 0.3 is 0 Å². The lowest BCUT2D eigenvalue weighted by molar-refractivity contribution is 0.513. The van der Waals surface area contributed by atoms with Crippen molar-refractivity contribution >= 4 is 40.7 Å². The van der Waals surface area contributed by atoms with E-state index < -0.39 is 0 Å². The summed E-state index contributed by atoms with van der Waals surface area (Å²) in [5.74, 6) is 1.11. The Kier molecular flexibility index (Phi) is 10.3. The van der Waals surface area contributed by atoms with E-state index in [-0.39, 0.29) is 0 Å². The summed E-state index contributed by atoms with van der Waals surface area (Å²) < 4.78 is 1.57. The first-order chi connectivity index (χ1) is 7.20. The molecule has 0 radical (unpaired) electrons. The largest absolute Gasteiger partial charge is 0.399 e. The average Bonchev–Trinajstić information content (AvgIpc) is 2.20. The van der Waals surface area contributed by atoms with E-state index in [1.54, 1.807) is 4.42 Å². The van der Waals surface area contributed by atoms with Gasteiger partial charge in [-0.05, 0) is 23.9 Å². The molecular formula is C10H15Cl3N2. The second-order valence-electron chi connectivity index (χ2n) is 2.70. The van der Waals surface area contributed by atoms with Crippen LogP contribution < -0.4 is 5.73 Å². The second kappa shape index (κ2) is 10.4. The van der Waals surface area contributed by atoms with Crippen molar-refractivity contribution in [2.45, 2.75) is 0 Å². The minimum absolute atomic E-state index is 0.556. The van der Waals surface area contributed by atoms with Crippen LogP contribution in [0.25, 0.3) is 0 Å². The molecule has 2 N–H and O–H groups in total. The average molecular weight is 270 g/mol. The van der Waals surface area contributed by atoms with Crippen LogP contribution >= 0.6 is 35.0 Å². The Labute approximate surface area is 106 Å². The van der Waals surface area contributed by atoms with Gasteiger partial charge in [-0.3, -0.25) is 0 Å². The fourth-order valence-electron chi connectivity index (χ4n) is 0.748. The Morgan fingerprint density at radius 2 is 1.47 bits per heavy atom. The fourth-order valence-corrected chi connectivity index (χ4v) is 1.50. The number of nitrogens with two attached hydrogens (primary N) is 1. The first kappa shape index (κ1) is 14.8. The number of nitrogen functional groups attached to an aromatic ring is 1. The van der Waals surface area contributed by atoms with Crippen LogP contribution in [-0.4, -0.2) is 29.3 Å². The molecule has 0 aliphatic rings. The summed E-state index contributed by atoms with van der Waals surface area (Å²) in [6.45, 7) is 1.38. The van der Waals surface area contributed by atoms with Crippen LogP contribution in [-0.2, 0) is 0 Å². The zero-order chi connectivity index (χ0) is 11.5. The van der Waals surface area contributed by atoms with Gasteiger partial charge in [0.05, 0.1) is 0 Å². The number of alkyl halides is 2. The number of nitrogens with zero attached hydrogens (tertiary/aromatic N) is 1. The molecule has 0 unspecified atom stereocenters. The minimum Gasteiger partial charge on any atom is -0.399 e. The van der Waals surface area contributed by atoms with Crippen molar-refractivity contribution in [2.24, 2.45) is 0 Å². The summed E-state index contributed by atoms with van der Waals surface area (Å²) in [5.41, 5.74) is 6.18. The summed E-state index contributed by atoms with van der Waals surface area (Å²) in [6.07, 6.45) is 0. The van der Waals surface area contributed by atoms with Crippen LogP contribution in [0.5, 0.6) is 0 Å². The van der Waals surface area contributed by atoms with Gasteiger partial charge in [0, 0.05) is 30.5 Å². The fraction of sp³-hybridized carbons (Fsp3) is 0.400. The first-order valence-corrected chi connectivity index (χ1v) is 5.94. The second-order valence-corrected chi connectivity index (χ2v) is 3.93. The Balaban J connectivity index is 0.000000262. The maximum Gasteiger partial charge on any atom is 0.0364 e. The Morgan fingerprint density at radius 1 is 1.00 bits per heavy atom. The van der Waals surface area contributed by atoms with Gasteiger partial charge in [-0.1, -0.05) is 18.2 Å². The number of para-hydroxylation sites is 1. The van der Waals surface area contributed by atoms with Crippen molar-refractivity contribution in [3.05, 3.63) is 30.3 Å². The molecule has 0 aromatic heterocycles. The highest BCUT2D eigenvalue weighted by atomic mass is 35.5. The highest BCUT2D eigenvalue weighted by Crippen LogP contribution is 1.96. The van der Waals surface area contributed by atoms with Gasteiger partial charge in [0.1, 0.15) is 0 Å². The SMILES string of the molecule is ClCCN(Cl)CCCl.Nc1ccccc1. The maximum atomic E-state index is 5.55. The molecule has 0 aliphatic heterocycles. The molecule has 0 fully saturated rings. The zero-order valence-electron chi connectivity index (χ0n) is 8.37. The lowest BCUT2D eigenvalue weighted by Crippen LogP contribution is -2.16. The van der Waals surface area contributed by atoms with E-state index in [2.05, 4.69) is 0 Å². The third kappa shape index (κ3) is 10.1. The minimum atomic E-state index is 0.556. The van der Waals surface area contributed by atoms with Gasteiger partial charge in [0.25, 0.3) is 0 Å². The number of rotatable bonds is 4. The molecule has 5 heteroatoms. The summed E-state index contributed by atoms with van der Waals surface area (Å²) in [5, 5.41) is 0. The molecule has 1 aromatic carbocycles. The molecule has 0 spiro atoms. The summed E-state index contributed by atoms with van der Waals surface area (Å²) in [7, 11) is 0. The molecule has 0 aliphatic carbocycles. The van der Waals surface area contributed by atoms with Crippen molar-refractivity contribution in [1.82, 2.24) is 4.42 Å². The summed E-state index contributed by atoms with van der Waals surface area (Å²) in [4.78, 5) is 0. The molecule has 0 heterocycles. The van der Waals surface area contributed by atoms with Crippen LogP contribution in [0.4, 0.5) is 5.69 Å². The molecule has 0 amide bonds. The Bertz CT molecular complexity index is 225. The molecule has 15 heavy (non-hydrogen) atoms. The summed E-state index contributed by atoms with van der Waals surface area (Å²) >= 11 is 16.3. The molecule has 2 nitrogen and oxygen atoms in total. The Morgan fingerprint density at radius 3 is 1.73 bits per heavy atom. The molecule has 0 saturated heterocycles. The number of benzene rings is 1. The molecule has 0 saturated carbocycles. The number of hydrogen-bond acceptors (Lipinski definition) is 2. The van der Waals surface area contributed by atoms with E-state index >= 15 is 0 Å². The van der Waals surface area contributed by atoms with E-state index in [1.165, 1.54) is 0 Å². The lowest BCUT2D eigenvalue weighted by Gasteiger charge is -2.07. The first-order valence-electron chi connectivity index (χ1n) is 4.54. The van der Waals surface area contributed by atoms with E-state index in [1.807, 2.05) is 30.3 Å². The van der Waals surface area contributed by atoms with Gasteiger partial charge in [0.2, 0.25) is 0 Å². The van der Waals surface area contributed by atoms with Crippen molar-refractivity contribution in [2.75, 3.05) is 30.6 Å². The number of hydrogen-bond donors (Lipinski definition) is 1. The van der Waals surface area contributed by atoms with Gasteiger partial charge in [-0.15, -0.1) is 23.2 Å². The van der Waals surface area contributed by atoms with Gasteiger partial charge in [0.15, 0.2) is 0 Å². The smallest absolute Gasteiger partial charge is 0.0364 e. The van der Waals surface area contributed by atoms with Gasteiger partial charge in [-0.25, -0.2) is 4.42 Å². The van der Waals surface area contributed by atoms with Gasteiger partial charge in [-0.2, -0.15) is 0 Å². The van der Waals surface area contributed by atoms with Crippen molar-refractivity contribution in [3.8, 4) is 0 Å². The predicted molar refractivity (Wildman–Crippen MR) is 69.7 cm³/mol. The number of halogens is 3. The zero-order valence-corrected chi connectivity index (χ0v) is 10.6. The lowest BCUT2D eigenvalue weighted by atomic mass is 10.3. The standard InChI is InChI=1S/C6H7N.C4H8Cl3N/c7-6-4-2-1-3-5-6;5-1-3-8(7)4-2-6/h1-5H,7H2;1-4H2. The van der Waals surface area contributed by atoms with E-state index in [0.717, 1.165) is 5.69 Å². The highest BCUT2D eigenvalue weighted by Gasteiger charge is 1.95. The van der Waals surface area contributed by atoms with Crippen molar-refractivity contribution in [1.29, 1.82) is 0 Å². The predicted octanol–water partition coefficient (Wildman–Crippen LogP) is 3.19.